The van der Waals surface area contributed by atoms with Gasteiger partial charge in [0, 0.05) is 11.6 Å². The van der Waals surface area contributed by atoms with Crippen LogP contribution in [0.15, 0.2) is 70.1 Å². The van der Waals surface area contributed by atoms with E-state index >= 15 is 0 Å². The Morgan fingerprint density at radius 3 is 2.68 bits per heavy atom. The molecule has 1 N–H and O–H groups in total. The van der Waals surface area contributed by atoms with Crippen LogP contribution in [-0.2, 0) is 16.0 Å². The first-order chi connectivity index (χ1) is 17.8. The maximum Gasteiger partial charge on any atom is 0.338 e. The van der Waals surface area contributed by atoms with Gasteiger partial charge in [-0.15, -0.1) is 6.58 Å². The number of benzene rings is 2. The molecule has 0 radical (unpaired) electrons. The van der Waals surface area contributed by atoms with Gasteiger partial charge in [0.2, 0.25) is 0 Å². The van der Waals surface area contributed by atoms with Crippen molar-refractivity contribution in [1.29, 1.82) is 0 Å². The first-order valence-electron chi connectivity index (χ1n) is 11.7. The molecule has 0 fully saturated rings. The summed E-state index contributed by atoms with van der Waals surface area (Å²) in [5.74, 6) is 0.658. The molecule has 3 aromatic rings. The van der Waals surface area contributed by atoms with Crippen molar-refractivity contribution in [3.63, 3.8) is 0 Å². The van der Waals surface area contributed by atoms with E-state index in [1.165, 1.54) is 23.0 Å². The number of aromatic nitrogens is 1. The number of fused-ring (bicyclic) bond motifs is 1. The van der Waals surface area contributed by atoms with Crippen molar-refractivity contribution < 1.29 is 24.1 Å². The summed E-state index contributed by atoms with van der Waals surface area (Å²) in [7, 11) is 3.07. The average Bonchev–Trinajstić information content (AvgIpc) is 3.19. The number of phenols is 1. The summed E-state index contributed by atoms with van der Waals surface area (Å²) in [6.45, 7) is 7.36. The number of hydrogen-bond acceptors (Lipinski definition) is 8. The standard InChI is InChI=1S/C28H28N2O6S/c1-6-8-18-13-17(9-12-21(18)31)14-23-26(32)30-25(20-11-10-19(34-4)15-22(20)35-5)24(27(33)36-7-2)16(3)29-28(30)37-23/h6,9-15,25,31H,1,7-8H2,2-5H3/b23-14+/t25-/m0/s1. The highest BCUT2D eigenvalue weighted by atomic mass is 32.1. The lowest BCUT2D eigenvalue weighted by Gasteiger charge is -2.26. The number of rotatable bonds is 8. The molecule has 2 aromatic carbocycles. The largest absolute Gasteiger partial charge is 0.508 e. The van der Waals surface area contributed by atoms with E-state index in [2.05, 4.69) is 11.6 Å². The third-order valence-corrected chi connectivity index (χ3v) is 7.00. The maximum absolute atomic E-state index is 13.8. The van der Waals surface area contributed by atoms with E-state index < -0.39 is 12.0 Å². The molecule has 4 rings (SSSR count). The Morgan fingerprint density at radius 2 is 2.00 bits per heavy atom. The van der Waals surface area contributed by atoms with Gasteiger partial charge < -0.3 is 19.3 Å². The SMILES string of the molecule is C=CCc1cc(/C=c2/sc3n(c2=O)[C@@H](c2ccc(OC)cc2OC)C(C(=O)OCC)=C(C)N=3)ccc1O. The van der Waals surface area contributed by atoms with Gasteiger partial charge in [-0.1, -0.05) is 23.5 Å². The van der Waals surface area contributed by atoms with Crippen molar-refractivity contribution in [2.45, 2.75) is 26.3 Å². The minimum atomic E-state index is -0.811. The number of aromatic hydroxyl groups is 1. The molecule has 0 saturated heterocycles. The third-order valence-electron chi connectivity index (χ3n) is 6.02. The number of phenolic OH excluding ortho intramolecular Hbond substituents is 1. The molecular formula is C28H28N2O6S. The van der Waals surface area contributed by atoms with Gasteiger partial charge in [-0.2, -0.15) is 0 Å². The molecule has 37 heavy (non-hydrogen) atoms. The van der Waals surface area contributed by atoms with Gasteiger partial charge >= 0.3 is 5.97 Å². The zero-order valence-corrected chi connectivity index (χ0v) is 21.9. The Kier molecular flexibility index (Phi) is 7.63. The number of thiazole rings is 1. The molecule has 0 bridgehead atoms. The zero-order chi connectivity index (χ0) is 26.7. The Bertz CT molecular complexity index is 1580. The molecule has 0 unspecified atom stereocenters. The average molecular weight is 521 g/mol. The van der Waals surface area contributed by atoms with E-state index in [-0.39, 0.29) is 23.5 Å². The van der Waals surface area contributed by atoms with Gasteiger partial charge in [-0.3, -0.25) is 9.36 Å². The lowest BCUT2D eigenvalue weighted by Crippen LogP contribution is -2.40. The van der Waals surface area contributed by atoms with Crippen molar-refractivity contribution in [2.24, 2.45) is 4.99 Å². The molecule has 1 aliphatic rings. The predicted octanol–water partition coefficient (Wildman–Crippen LogP) is 3.25. The van der Waals surface area contributed by atoms with Crippen LogP contribution in [0.5, 0.6) is 17.2 Å². The molecule has 1 aromatic heterocycles. The quantitative estimate of drug-likeness (QED) is 0.362. The van der Waals surface area contributed by atoms with E-state index in [1.54, 1.807) is 63.4 Å². The number of hydrogen-bond donors (Lipinski definition) is 1. The molecule has 0 saturated carbocycles. The van der Waals surface area contributed by atoms with Crippen LogP contribution in [0.2, 0.25) is 0 Å². The van der Waals surface area contributed by atoms with Crippen LogP contribution >= 0.6 is 11.3 Å². The fraction of sp³-hybridized carbons (Fsp3) is 0.250. The molecule has 0 aliphatic carbocycles. The van der Waals surface area contributed by atoms with E-state index in [9.17, 15) is 14.7 Å². The predicted molar refractivity (Wildman–Crippen MR) is 142 cm³/mol. The van der Waals surface area contributed by atoms with Gasteiger partial charge in [0.25, 0.3) is 5.56 Å². The number of esters is 1. The number of methoxy groups -OCH3 is 2. The summed E-state index contributed by atoms with van der Waals surface area (Å²) in [5, 5.41) is 10.1. The highest BCUT2D eigenvalue weighted by molar-refractivity contribution is 7.07. The van der Waals surface area contributed by atoms with E-state index in [4.69, 9.17) is 14.2 Å². The number of nitrogens with zero attached hydrogens (tertiary/aromatic N) is 2. The van der Waals surface area contributed by atoms with Crippen LogP contribution in [0.1, 0.15) is 36.6 Å². The van der Waals surface area contributed by atoms with Crippen molar-refractivity contribution in [1.82, 2.24) is 4.57 Å². The normalized spacial score (nSPS) is 15.1. The Balaban J connectivity index is 1.97. The summed E-state index contributed by atoms with van der Waals surface area (Å²) in [6.07, 6.45) is 3.95. The summed E-state index contributed by atoms with van der Waals surface area (Å²) in [4.78, 5) is 32.0. The van der Waals surface area contributed by atoms with Crippen LogP contribution in [-0.4, -0.2) is 36.5 Å². The number of allylic oxidation sites excluding steroid dienone is 2. The lowest BCUT2D eigenvalue weighted by molar-refractivity contribution is -0.139. The Morgan fingerprint density at radius 1 is 1.22 bits per heavy atom. The van der Waals surface area contributed by atoms with Gasteiger partial charge in [0.15, 0.2) is 4.80 Å². The first-order valence-corrected chi connectivity index (χ1v) is 12.5. The smallest absolute Gasteiger partial charge is 0.338 e. The monoisotopic (exact) mass is 520 g/mol. The molecule has 1 atom stereocenters. The summed E-state index contributed by atoms with van der Waals surface area (Å²) >= 11 is 1.22. The van der Waals surface area contributed by atoms with Crippen LogP contribution in [0.4, 0.5) is 0 Å². The molecule has 0 spiro atoms. The molecule has 9 heteroatoms. The lowest BCUT2D eigenvalue weighted by atomic mass is 9.95. The van der Waals surface area contributed by atoms with E-state index in [0.717, 1.165) is 5.56 Å². The first kappa shape index (κ1) is 26.0. The molecule has 192 valence electrons. The molecule has 8 nitrogen and oxygen atoms in total. The second-order valence-electron chi connectivity index (χ2n) is 8.29. The van der Waals surface area contributed by atoms with Crippen LogP contribution < -0.4 is 24.4 Å². The van der Waals surface area contributed by atoms with Gasteiger partial charge in [0.1, 0.15) is 23.3 Å². The van der Waals surface area contributed by atoms with Crippen molar-refractivity contribution >= 4 is 23.4 Å². The number of carbonyl (C=O) groups excluding carboxylic acids is 1. The molecule has 1 aliphatic heterocycles. The maximum atomic E-state index is 13.8. The van der Waals surface area contributed by atoms with Crippen LogP contribution in [0, 0.1) is 0 Å². The topological polar surface area (TPSA) is 99.4 Å². The highest BCUT2D eigenvalue weighted by Crippen LogP contribution is 2.37. The molecular weight excluding hydrogens is 492 g/mol. The highest BCUT2D eigenvalue weighted by Gasteiger charge is 2.35. The second kappa shape index (κ2) is 10.9. The number of ether oxygens (including phenoxy) is 3. The fourth-order valence-electron chi connectivity index (χ4n) is 4.30. The van der Waals surface area contributed by atoms with E-state index in [1.807, 2.05) is 6.07 Å². The summed E-state index contributed by atoms with van der Waals surface area (Å²) < 4.78 is 18.3. The van der Waals surface area contributed by atoms with Crippen LogP contribution in [0.3, 0.4) is 0 Å². The molecule has 2 heterocycles. The van der Waals surface area contributed by atoms with Gasteiger partial charge in [-0.05, 0) is 61.7 Å². The fourth-order valence-corrected chi connectivity index (χ4v) is 5.34. The summed E-state index contributed by atoms with van der Waals surface area (Å²) in [5.41, 5.74) is 2.48. The van der Waals surface area contributed by atoms with Gasteiger partial charge in [0.05, 0.1) is 36.6 Å². The Labute approximate surface area is 218 Å². The van der Waals surface area contributed by atoms with Crippen molar-refractivity contribution in [3.05, 3.63) is 96.7 Å². The minimum absolute atomic E-state index is 0.166. The van der Waals surface area contributed by atoms with E-state index in [0.29, 0.717) is 44.1 Å². The minimum Gasteiger partial charge on any atom is -0.508 e. The zero-order valence-electron chi connectivity index (χ0n) is 21.1. The van der Waals surface area contributed by atoms with Crippen LogP contribution in [0.25, 0.3) is 6.08 Å². The third kappa shape index (κ3) is 4.95. The van der Waals surface area contributed by atoms with Crippen molar-refractivity contribution in [3.8, 4) is 17.2 Å². The summed E-state index contributed by atoms with van der Waals surface area (Å²) in [6, 6.07) is 9.57. The second-order valence-corrected chi connectivity index (χ2v) is 9.30. The van der Waals surface area contributed by atoms with Gasteiger partial charge in [-0.25, -0.2) is 9.79 Å². The number of carbonyl (C=O) groups is 1. The Hall–Kier alpha value is -4.11. The molecule has 0 amide bonds. The van der Waals surface area contributed by atoms with Crippen molar-refractivity contribution in [2.75, 3.05) is 20.8 Å².